The van der Waals surface area contributed by atoms with Crippen LogP contribution in [0.3, 0.4) is 0 Å². The standard InChI is InChI=1S/C26H30N2O5/c1-5-32-20-12-11-16(14-21(20)33-6-2)24-23-19(27-17-9-7-8-10-18(17)28-24)13-15(3)22(25(23)29)26(30)31-4/h7-12,14-15,22,24,27-28H,5-6,13H2,1-4H3/t15-,22+,24+/m0/s1. The Bertz CT molecular complexity index is 1090. The zero-order valence-electron chi connectivity index (χ0n) is 19.4. The number of benzene rings is 2. The van der Waals surface area contributed by atoms with Gasteiger partial charge in [0.25, 0.3) is 0 Å². The van der Waals surface area contributed by atoms with Crippen LogP contribution in [0, 0.1) is 11.8 Å². The number of Topliss-reactive ketones (excluding diaryl/α,β-unsaturated/α-hetero) is 1. The number of carbonyl (C=O) groups excluding carboxylic acids is 2. The molecule has 174 valence electrons. The Morgan fingerprint density at radius 1 is 1.03 bits per heavy atom. The van der Waals surface area contributed by atoms with Crippen LogP contribution in [0.25, 0.3) is 0 Å². The number of ketones is 1. The van der Waals surface area contributed by atoms with E-state index >= 15 is 0 Å². The fourth-order valence-electron chi connectivity index (χ4n) is 4.63. The molecule has 1 aliphatic carbocycles. The molecule has 4 rings (SSSR count). The molecular weight excluding hydrogens is 420 g/mol. The first-order valence-electron chi connectivity index (χ1n) is 11.4. The molecule has 3 atom stereocenters. The minimum atomic E-state index is -0.838. The number of hydrogen-bond acceptors (Lipinski definition) is 7. The summed E-state index contributed by atoms with van der Waals surface area (Å²) in [7, 11) is 1.32. The molecule has 2 N–H and O–H groups in total. The Hall–Kier alpha value is -3.48. The number of fused-ring (bicyclic) bond motifs is 1. The number of allylic oxidation sites excluding steroid dienone is 1. The van der Waals surface area contributed by atoms with Crippen molar-refractivity contribution in [1.82, 2.24) is 0 Å². The molecule has 1 heterocycles. The maximum Gasteiger partial charge on any atom is 0.316 e. The third-order valence-electron chi connectivity index (χ3n) is 6.13. The number of hydrogen-bond donors (Lipinski definition) is 2. The molecule has 0 spiro atoms. The summed E-state index contributed by atoms with van der Waals surface area (Å²) in [6, 6.07) is 13.1. The van der Waals surface area contributed by atoms with Crippen molar-refractivity contribution in [3.8, 4) is 11.5 Å². The number of anilines is 2. The van der Waals surface area contributed by atoms with Gasteiger partial charge in [0.1, 0.15) is 5.92 Å². The zero-order chi connectivity index (χ0) is 23.5. The lowest BCUT2D eigenvalue weighted by Crippen LogP contribution is -2.39. The Kier molecular flexibility index (Phi) is 6.58. The van der Waals surface area contributed by atoms with Gasteiger partial charge in [0, 0.05) is 11.3 Å². The van der Waals surface area contributed by atoms with Gasteiger partial charge in [0.15, 0.2) is 17.3 Å². The Morgan fingerprint density at radius 2 is 1.73 bits per heavy atom. The van der Waals surface area contributed by atoms with E-state index in [4.69, 9.17) is 14.2 Å². The molecule has 0 saturated heterocycles. The van der Waals surface area contributed by atoms with Gasteiger partial charge in [-0.3, -0.25) is 9.59 Å². The van der Waals surface area contributed by atoms with Gasteiger partial charge < -0.3 is 24.8 Å². The predicted molar refractivity (Wildman–Crippen MR) is 127 cm³/mol. The topological polar surface area (TPSA) is 85.9 Å². The molecular formula is C26H30N2O5. The van der Waals surface area contributed by atoms with Crippen molar-refractivity contribution >= 4 is 23.1 Å². The smallest absolute Gasteiger partial charge is 0.316 e. The molecule has 0 unspecified atom stereocenters. The molecule has 2 aromatic rings. The van der Waals surface area contributed by atoms with Crippen LogP contribution in [0.15, 0.2) is 53.7 Å². The third kappa shape index (κ3) is 4.27. The molecule has 7 heteroatoms. The summed E-state index contributed by atoms with van der Waals surface area (Å²) < 4.78 is 16.5. The SMILES string of the molecule is CCOc1ccc([C@H]2Nc3ccccc3NC3=C2C(=O)[C@H](C(=O)OC)[C@@H](C)C3)cc1OCC. The van der Waals surface area contributed by atoms with Crippen LogP contribution in [0.5, 0.6) is 11.5 Å². The highest BCUT2D eigenvalue weighted by atomic mass is 16.5. The first-order valence-corrected chi connectivity index (χ1v) is 11.4. The van der Waals surface area contributed by atoms with E-state index in [0.29, 0.717) is 36.7 Å². The van der Waals surface area contributed by atoms with Gasteiger partial charge >= 0.3 is 5.97 Å². The second kappa shape index (κ2) is 9.57. The molecule has 0 radical (unpaired) electrons. The summed E-state index contributed by atoms with van der Waals surface area (Å²) in [5.41, 5.74) is 3.98. The summed E-state index contributed by atoms with van der Waals surface area (Å²) in [6.07, 6.45) is 0.558. The molecule has 0 fully saturated rings. The normalized spacial score (nSPS) is 21.7. The second-order valence-electron chi connectivity index (χ2n) is 8.26. The van der Waals surface area contributed by atoms with E-state index in [1.165, 1.54) is 7.11 Å². The van der Waals surface area contributed by atoms with Gasteiger partial charge in [-0.25, -0.2) is 0 Å². The minimum Gasteiger partial charge on any atom is -0.490 e. The number of methoxy groups -OCH3 is 1. The first kappa shape index (κ1) is 22.7. The fraction of sp³-hybridized carbons (Fsp3) is 0.385. The summed E-state index contributed by atoms with van der Waals surface area (Å²) in [4.78, 5) is 26.3. The van der Waals surface area contributed by atoms with Crippen LogP contribution in [0.2, 0.25) is 0 Å². The highest BCUT2D eigenvalue weighted by Gasteiger charge is 2.44. The van der Waals surface area contributed by atoms with Crippen molar-refractivity contribution in [3.63, 3.8) is 0 Å². The highest BCUT2D eigenvalue weighted by Crippen LogP contribution is 2.45. The van der Waals surface area contributed by atoms with Crippen LogP contribution in [0.1, 0.15) is 38.8 Å². The molecule has 7 nitrogen and oxygen atoms in total. The largest absolute Gasteiger partial charge is 0.490 e. The highest BCUT2D eigenvalue weighted by molar-refractivity contribution is 6.11. The molecule has 0 amide bonds. The lowest BCUT2D eigenvalue weighted by Gasteiger charge is -2.32. The van der Waals surface area contributed by atoms with Crippen molar-refractivity contribution in [1.29, 1.82) is 0 Å². The van der Waals surface area contributed by atoms with Crippen LogP contribution in [-0.2, 0) is 14.3 Å². The van der Waals surface area contributed by atoms with Crippen LogP contribution >= 0.6 is 0 Å². The van der Waals surface area contributed by atoms with Crippen molar-refractivity contribution in [3.05, 3.63) is 59.3 Å². The van der Waals surface area contributed by atoms with Crippen LogP contribution in [-0.4, -0.2) is 32.1 Å². The molecule has 0 bridgehead atoms. The molecule has 0 aromatic heterocycles. The van der Waals surface area contributed by atoms with E-state index in [-0.39, 0.29) is 11.7 Å². The van der Waals surface area contributed by atoms with Gasteiger partial charge in [0.2, 0.25) is 0 Å². The maximum atomic E-state index is 13.7. The summed E-state index contributed by atoms with van der Waals surface area (Å²) in [5, 5.41) is 6.99. The molecule has 0 saturated carbocycles. The Morgan fingerprint density at radius 3 is 2.42 bits per heavy atom. The van der Waals surface area contributed by atoms with E-state index in [0.717, 1.165) is 22.6 Å². The van der Waals surface area contributed by atoms with E-state index in [2.05, 4.69) is 10.6 Å². The number of para-hydroxylation sites is 2. The number of rotatable bonds is 6. The van der Waals surface area contributed by atoms with Gasteiger partial charge in [-0.1, -0.05) is 25.1 Å². The lowest BCUT2D eigenvalue weighted by atomic mass is 9.75. The van der Waals surface area contributed by atoms with E-state index in [9.17, 15) is 9.59 Å². The molecule has 2 aliphatic rings. The number of ether oxygens (including phenoxy) is 3. The van der Waals surface area contributed by atoms with E-state index in [1.54, 1.807) is 0 Å². The average molecular weight is 451 g/mol. The average Bonchev–Trinajstić information content (AvgIpc) is 2.97. The fourth-order valence-corrected chi connectivity index (χ4v) is 4.63. The monoisotopic (exact) mass is 450 g/mol. The maximum absolute atomic E-state index is 13.7. The van der Waals surface area contributed by atoms with Crippen molar-refractivity contribution < 1.29 is 23.8 Å². The Labute approximate surface area is 194 Å². The van der Waals surface area contributed by atoms with Gasteiger partial charge in [-0.05, 0) is 56.0 Å². The summed E-state index contributed by atoms with van der Waals surface area (Å²) >= 11 is 0. The lowest BCUT2D eigenvalue weighted by molar-refractivity contribution is -0.151. The number of nitrogens with one attached hydrogen (secondary N) is 2. The van der Waals surface area contributed by atoms with Crippen LogP contribution < -0.4 is 20.1 Å². The van der Waals surface area contributed by atoms with Crippen LogP contribution in [0.4, 0.5) is 11.4 Å². The Balaban J connectivity index is 1.86. The second-order valence-corrected chi connectivity index (χ2v) is 8.26. The van der Waals surface area contributed by atoms with E-state index < -0.39 is 17.9 Å². The van der Waals surface area contributed by atoms with Gasteiger partial charge in [0.05, 0.1) is 37.7 Å². The molecule has 2 aromatic carbocycles. The quantitative estimate of drug-likeness (QED) is 0.487. The number of esters is 1. The summed E-state index contributed by atoms with van der Waals surface area (Å²) in [5.74, 6) is -0.467. The predicted octanol–water partition coefficient (Wildman–Crippen LogP) is 4.71. The van der Waals surface area contributed by atoms with E-state index in [1.807, 2.05) is 63.2 Å². The first-order chi connectivity index (χ1) is 16.0. The molecule has 33 heavy (non-hydrogen) atoms. The van der Waals surface area contributed by atoms with Crippen molar-refractivity contribution in [2.75, 3.05) is 31.0 Å². The zero-order valence-corrected chi connectivity index (χ0v) is 19.4. The molecule has 1 aliphatic heterocycles. The minimum absolute atomic E-state index is 0.179. The van der Waals surface area contributed by atoms with Gasteiger partial charge in [-0.15, -0.1) is 0 Å². The van der Waals surface area contributed by atoms with Crippen molar-refractivity contribution in [2.45, 2.75) is 33.2 Å². The van der Waals surface area contributed by atoms with Crippen molar-refractivity contribution in [2.24, 2.45) is 11.8 Å². The third-order valence-corrected chi connectivity index (χ3v) is 6.13. The number of carbonyl (C=O) groups is 2. The van der Waals surface area contributed by atoms with Gasteiger partial charge in [-0.2, -0.15) is 0 Å². The summed E-state index contributed by atoms with van der Waals surface area (Å²) in [6.45, 7) is 6.76.